The zero-order chi connectivity index (χ0) is 13.2. The third kappa shape index (κ3) is 2.36. The van der Waals surface area contributed by atoms with Gasteiger partial charge in [-0.3, -0.25) is 0 Å². The van der Waals surface area contributed by atoms with Gasteiger partial charge in [-0.15, -0.1) is 6.58 Å². The Morgan fingerprint density at radius 2 is 1.82 bits per heavy atom. The molecule has 0 aliphatic heterocycles. The predicted octanol–water partition coefficient (Wildman–Crippen LogP) is 2.55. The number of allylic oxidation sites excluding steroid dienone is 1. The molecular weight excluding hydrogens is 220 g/mol. The van der Waals surface area contributed by atoms with Crippen LogP contribution in [0.4, 0.5) is 0 Å². The molecule has 0 atom stereocenters. The molecule has 0 aliphatic carbocycles. The van der Waals surface area contributed by atoms with Crippen molar-refractivity contribution in [2.75, 3.05) is 0 Å². The topological polar surface area (TPSA) is 74.6 Å². The Hall–Kier alpha value is -2.10. The molecule has 17 heavy (non-hydrogen) atoms. The second kappa shape index (κ2) is 4.41. The van der Waals surface area contributed by atoms with Crippen molar-refractivity contribution in [1.29, 1.82) is 0 Å². The summed E-state index contributed by atoms with van der Waals surface area (Å²) in [5.74, 6) is -2.49. The lowest BCUT2D eigenvalue weighted by Gasteiger charge is -2.23. The molecule has 0 fully saturated rings. The molecule has 0 heterocycles. The first kappa shape index (κ1) is 13.0. The molecule has 4 nitrogen and oxygen atoms in total. The van der Waals surface area contributed by atoms with Gasteiger partial charge in [-0.25, -0.2) is 9.59 Å². The van der Waals surface area contributed by atoms with Crippen LogP contribution in [0.3, 0.4) is 0 Å². The summed E-state index contributed by atoms with van der Waals surface area (Å²) in [5, 5.41) is 18.1. The molecule has 0 amide bonds. The molecule has 1 aromatic rings. The lowest BCUT2D eigenvalue weighted by Crippen LogP contribution is -2.21. The fraction of sp³-hybridized carbons (Fsp3) is 0.231. The van der Waals surface area contributed by atoms with E-state index < -0.39 is 17.4 Å². The number of hydrogen-bond donors (Lipinski definition) is 2. The molecule has 90 valence electrons. The number of carboxylic acids is 2. The van der Waals surface area contributed by atoms with Gasteiger partial charge in [0.1, 0.15) is 0 Å². The monoisotopic (exact) mass is 234 g/mol. The van der Waals surface area contributed by atoms with Gasteiger partial charge < -0.3 is 10.2 Å². The van der Waals surface area contributed by atoms with Crippen molar-refractivity contribution in [1.82, 2.24) is 0 Å². The maximum atomic E-state index is 11.2. The van der Waals surface area contributed by atoms with Crippen molar-refractivity contribution in [2.24, 2.45) is 0 Å². The molecule has 2 N–H and O–H groups in total. The molecule has 1 aromatic carbocycles. The van der Waals surface area contributed by atoms with Crippen LogP contribution in [-0.2, 0) is 5.41 Å². The van der Waals surface area contributed by atoms with Gasteiger partial charge in [0.25, 0.3) is 0 Å². The van der Waals surface area contributed by atoms with Crippen molar-refractivity contribution >= 4 is 11.9 Å². The van der Waals surface area contributed by atoms with Gasteiger partial charge >= 0.3 is 11.9 Å². The lowest BCUT2D eigenvalue weighted by molar-refractivity contribution is 0.0649. The molecule has 0 bridgehead atoms. The van der Waals surface area contributed by atoms with Crippen LogP contribution in [-0.4, -0.2) is 22.2 Å². The van der Waals surface area contributed by atoms with Gasteiger partial charge in [0.2, 0.25) is 0 Å². The summed E-state index contributed by atoms with van der Waals surface area (Å²) in [6, 6.07) is 4.43. The molecule has 0 aliphatic rings. The summed E-state index contributed by atoms with van der Waals surface area (Å²) in [6.45, 7) is 7.21. The van der Waals surface area contributed by atoms with Crippen LogP contribution in [0.2, 0.25) is 0 Å². The number of carbonyl (C=O) groups is 2. The van der Waals surface area contributed by atoms with Gasteiger partial charge in [0.15, 0.2) is 0 Å². The van der Waals surface area contributed by atoms with Gasteiger partial charge in [0.05, 0.1) is 11.1 Å². The average molecular weight is 234 g/mol. The highest BCUT2D eigenvalue weighted by Gasteiger charge is 2.27. The first-order chi connectivity index (χ1) is 7.81. The minimum atomic E-state index is -1.25. The largest absolute Gasteiger partial charge is 0.478 e. The zero-order valence-corrected chi connectivity index (χ0v) is 9.73. The Bertz CT molecular complexity index is 486. The highest BCUT2D eigenvalue weighted by molar-refractivity contribution is 6.03. The fourth-order valence-electron chi connectivity index (χ4n) is 1.61. The van der Waals surface area contributed by atoms with E-state index >= 15 is 0 Å². The molecule has 0 unspecified atom stereocenters. The zero-order valence-electron chi connectivity index (χ0n) is 9.73. The van der Waals surface area contributed by atoms with Gasteiger partial charge in [-0.2, -0.15) is 0 Å². The second-order valence-electron chi connectivity index (χ2n) is 4.26. The molecule has 4 heteroatoms. The summed E-state index contributed by atoms with van der Waals surface area (Å²) in [7, 11) is 0. The number of carboxylic acid groups (broad SMARTS) is 2. The molecule has 0 saturated carbocycles. The second-order valence-corrected chi connectivity index (χ2v) is 4.26. The normalized spacial score (nSPS) is 10.9. The van der Waals surface area contributed by atoms with E-state index in [1.165, 1.54) is 12.1 Å². The quantitative estimate of drug-likeness (QED) is 0.785. The molecule has 0 saturated heterocycles. The van der Waals surface area contributed by atoms with E-state index in [9.17, 15) is 9.59 Å². The minimum absolute atomic E-state index is 0.176. The maximum Gasteiger partial charge on any atom is 0.336 e. The van der Waals surface area contributed by atoms with Gasteiger partial charge in [-0.1, -0.05) is 32.1 Å². The van der Waals surface area contributed by atoms with E-state index in [-0.39, 0.29) is 11.1 Å². The van der Waals surface area contributed by atoms with E-state index in [0.29, 0.717) is 5.56 Å². The average Bonchev–Trinajstić information content (AvgIpc) is 2.27. The Labute approximate surface area is 99.2 Å². The molecule has 0 spiro atoms. The Morgan fingerprint density at radius 1 is 1.24 bits per heavy atom. The first-order valence-electron chi connectivity index (χ1n) is 5.05. The molecule has 1 rings (SSSR count). The van der Waals surface area contributed by atoms with Crippen molar-refractivity contribution < 1.29 is 19.8 Å². The van der Waals surface area contributed by atoms with Crippen molar-refractivity contribution in [3.63, 3.8) is 0 Å². The third-order valence-electron chi connectivity index (χ3n) is 2.71. The Kier molecular flexibility index (Phi) is 3.36. The number of benzene rings is 1. The lowest BCUT2D eigenvalue weighted by atomic mass is 9.80. The first-order valence-corrected chi connectivity index (χ1v) is 5.05. The van der Waals surface area contributed by atoms with Gasteiger partial charge in [-0.05, 0) is 11.6 Å². The highest BCUT2D eigenvalue weighted by atomic mass is 16.4. The minimum Gasteiger partial charge on any atom is -0.478 e. The number of rotatable bonds is 4. The summed E-state index contributed by atoms with van der Waals surface area (Å²) in [6.07, 6.45) is 1.60. The standard InChI is InChI=1S/C13H14O4/c1-4-13(2,3)9-7-5-6-8(11(14)15)10(9)12(16)17/h4-7H,1H2,2-3H3,(H,14,15)(H,16,17). The van der Waals surface area contributed by atoms with E-state index in [4.69, 9.17) is 10.2 Å². The summed E-state index contributed by atoms with van der Waals surface area (Å²) in [5.41, 5.74) is -0.533. The maximum absolute atomic E-state index is 11.2. The summed E-state index contributed by atoms with van der Waals surface area (Å²) in [4.78, 5) is 22.2. The van der Waals surface area contributed by atoms with E-state index in [1.807, 2.05) is 0 Å². The van der Waals surface area contributed by atoms with Gasteiger partial charge in [0, 0.05) is 5.41 Å². The van der Waals surface area contributed by atoms with Crippen LogP contribution in [0.15, 0.2) is 30.9 Å². The summed E-state index contributed by atoms with van der Waals surface area (Å²) >= 11 is 0. The van der Waals surface area contributed by atoms with Crippen LogP contribution in [0, 0.1) is 0 Å². The molecular formula is C13H14O4. The van der Waals surface area contributed by atoms with Crippen LogP contribution >= 0.6 is 0 Å². The Balaban J connectivity index is 3.62. The smallest absolute Gasteiger partial charge is 0.336 e. The predicted molar refractivity (Wildman–Crippen MR) is 63.6 cm³/mol. The van der Waals surface area contributed by atoms with E-state index in [1.54, 1.807) is 26.0 Å². The van der Waals surface area contributed by atoms with Crippen LogP contribution in [0.1, 0.15) is 40.1 Å². The van der Waals surface area contributed by atoms with Crippen LogP contribution in [0.25, 0.3) is 0 Å². The summed E-state index contributed by atoms with van der Waals surface area (Å²) < 4.78 is 0. The van der Waals surface area contributed by atoms with Crippen LogP contribution < -0.4 is 0 Å². The molecule has 0 aromatic heterocycles. The van der Waals surface area contributed by atoms with Crippen LogP contribution in [0.5, 0.6) is 0 Å². The Morgan fingerprint density at radius 3 is 2.24 bits per heavy atom. The molecule has 0 radical (unpaired) electrons. The van der Waals surface area contributed by atoms with Crippen molar-refractivity contribution in [3.8, 4) is 0 Å². The fourth-order valence-corrected chi connectivity index (χ4v) is 1.61. The number of hydrogen-bond acceptors (Lipinski definition) is 2. The number of aromatic carboxylic acids is 2. The highest BCUT2D eigenvalue weighted by Crippen LogP contribution is 2.29. The van der Waals surface area contributed by atoms with Crippen molar-refractivity contribution in [2.45, 2.75) is 19.3 Å². The SMILES string of the molecule is C=CC(C)(C)c1cccc(C(=O)O)c1C(=O)O. The van der Waals surface area contributed by atoms with E-state index in [0.717, 1.165) is 0 Å². The van der Waals surface area contributed by atoms with Crippen molar-refractivity contribution in [3.05, 3.63) is 47.5 Å². The third-order valence-corrected chi connectivity index (χ3v) is 2.71. The van der Waals surface area contributed by atoms with E-state index in [2.05, 4.69) is 6.58 Å².